The SMILES string of the molecule is CCOP(=O)(OCC)[C@](C)(O)c1ccc(C)c(C)c1. The zero-order valence-electron chi connectivity index (χ0n) is 12.3. The first-order valence-electron chi connectivity index (χ1n) is 6.47. The van der Waals surface area contributed by atoms with Gasteiger partial charge in [-0.3, -0.25) is 4.57 Å². The molecule has 0 aliphatic carbocycles. The lowest BCUT2D eigenvalue weighted by Gasteiger charge is -2.32. The van der Waals surface area contributed by atoms with Crippen molar-refractivity contribution < 1.29 is 18.7 Å². The van der Waals surface area contributed by atoms with Gasteiger partial charge in [0.2, 0.25) is 0 Å². The van der Waals surface area contributed by atoms with Crippen molar-refractivity contribution in [3.05, 3.63) is 34.9 Å². The molecule has 4 nitrogen and oxygen atoms in total. The van der Waals surface area contributed by atoms with Gasteiger partial charge in [0.15, 0.2) is 5.34 Å². The predicted molar refractivity (Wildman–Crippen MR) is 76.3 cm³/mol. The van der Waals surface area contributed by atoms with Gasteiger partial charge in [-0.2, -0.15) is 0 Å². The van der Waals surface area contributed by atoms with Crippen LogP contribution in [-0.2, 0) is 19.0 Å². The summed E-state index contributed by atoms with van der Waals surface area (Å²) >= 11 is 0. The van der Waals surface area contributed by atoms with E-state index in [1.54, 1.807) is 19.9 Å². The molecule has 0 bridgehead atoms. The summed E-state index contributed by atoms with van der Waals surface area (Å²) in [5, 5.41) is 9.01. The van der Waals surface area contributed by atoms with Gasteiger partial charge in [-0.05, 0) is 51.3 Å². The van der Waals surface area contributed by atoms with E-state index in [0.29, 0.717) is 5.56 Å². The fraction of sp³-hybridized carbons (Fsp3) is 0.571. The zero-order valence-corrected chi connectivity index (χ0v) is 13.2. The smallest absolute Gasteiger partial charge is 0.366 e. The number of hydrogen-bond donors (Lipinski definition) is 1. The van der Waals surface area contributed by atoms with Crippen molar-refractivity contribution in [3.63, 3.8) is 0 Å². The van der Waals surface area contributed by atoms with Crippen LogP contribution in [0.3, 0.4) is 0 Å². The van der Waals surface area contributed by atoms with Gasteiger partial charge in [0.1, 0.15) is 0 Å². The van der Waals surface area contributed by atoms with Crippen molar-refractivity contribution in [1.82, 2.24) is 0 Å². The Balaban J connectivity index is 3.25. The van der Waals surface area contributed by atoms with Crippen LogP contribution in [0.1, 0.15) is 37.5 Å². The molecule has 0 spiro atoms. The second-order valence-corrected chi connectivity index (χ2v) is 7.04. The lowest BCUT2D eigenvalue weighted by molar-refractivity contribution is 0.0802. The topological polar surface area (TPSA) is 55.8 Å². The van der Waals surface area contributed by atoms with E-state index in [1.807, 2.05) is 26.0 Å². The molecule has 1 aromatic rings. The third kappa shape index (κ3) is 3.26. The first-order valence-corrected chi connectivity index (χ1v) is 8.02. The van der Waals surface area contributed by atoms with Gasteiger partial charge < -0.3 is 14.2 Å². The summed E-state index contributed by atoms with van der Waals surface area (Å²) in [6.45, 7) is 9.30. The standard InChI is InChI=1S/C14H23O4P/c1-6-17-19(16,18-7-2)14(5,15)13-9-8-11(3)12(4)10-13/h8-10,15H,6-7H2,1-5H3/t14-/m0/s1. The van der Waals surface area contributed by atoms with E-state index in [1.165, 1.54) is 6.92 Å². The molecule has 1 N–H and O–H groups in total. The van der Waals surface area contributed by atoms with Crippen LogP contribution in [0.25, 0.3) is 0 Å². The van der Waals surface area contributed by atoms with Crippen molar-refractivity contribution in [2.75, 3.05) is 13.2 Å². The Hall–Kier alpha value is -0.670. The molecule has 0 heterocycles. The minimum atomic E-state index is -3.62. The van der Waals surface area contributed by atoms with Crippen molar-refractivity contribution in [1.29, 1.82) is 0 Å². The van der Waals surface area contributed by atoms with Gasteiger partial charge in [0.05, 0.1) is 13.2 Å². The maximum absolute atomic E-state index is 12.7. The Bertz CT molecular complexity index is 472. The quantitative estimate of drug-likeness (QED) is 0.809. The number of aliphatic hydroxyl groups is 1. The van der Waals surface area contributed by atoms with Crippen LogP contribution in [0.4, 0.5) is 0 Å². The van der Waals surface area contributed by atoms with Gasteiger partial charge >= 0.3 is 7.60 Å². The number of rotatable bonds is 6. The molecule has 0 aromatic heterocycles. The minimum Gasteiger partial charge on any atom is -0.373 e. The Morgan fingerprint density at radius 3 is 2.11 bits per heavy atom. The molecule has 0 aliphatic heterocycles. The molecule has 1 atom stereocenters. The molecule has 0 saturated heterocycles. The summed E-state index contributed by atoms with van der Waals surface area (Å²) in [6.07, 6.45) is 0. The number of aryl methyl sites for hydroxylation is 2. The Morgan fingerprint density at radius 2 is 1.68 bits per heavy atom. The highest BCUT2D eigenvalue weighted by molar-refractivity contribution is 7.54. The molecular formula is C14H23O4P. The largest absolute Gasteiger partial charge is 0.373 e. The maximum Gasteiger partial charge on any atom is 0.366 e. The van der Waals surface area contributed by atoms with Gasteiger partial charge in [-0.1, -0.05) is 18.2 Å². The second-order valence-electron chi connectivity index (χ2n) is 4.65. The lowest BCUT2D eigenvalue weighted by atomic mass is 10.0. The van der Waals surface area contributed by atoms with Gasteiger partial charge in [-0.25, -0.2) is 0 Å². The average Bonchev–Trinajstić information content (AvgIpc) is 2.33. The fourth-order valence-electron chi connectivity index (χ4n) is 1.82. The highest BCUT2D eigenvalue weighted by Gasteiger charge is 2.47. The minimum absolute atomic E-state index is 0.221. The van der Waals surface area contributed by atoms with E-state index >= 15 is 0 Å². The highest BCUT2D eigenvalue weighted by atomic mass is 31.2. The van der Waals surface area contributed by atoms with Gasteiger partial charge in [0, 0.05) is 0 Å². The van der Waals surface area contributed by atoms with Crippen LogP contribution in [0.5, 0.6) is 0 Å². The normalized spacial score (nSPS) is 15.3. The van der Waals surface area contributed by atoms with Crippen molar-refractivity contribution in [2.24, 2.45) is 0 Å². The van der Waals surface area contributed by atoms with E-state index in [2.05, 4.69) is 0 Å². The molecular weight excluding hydrogens is 263 g/mol. The van der Waals surface area contributed by atoms with Crippen LogP contribution in [-0.4, -0.2) is 18.3 Å². The molecule has 19 heavy (non-hydrogen) atoms. The summed E-state index contributed by atoms with van der Waals surface area (Å²) in [4.78, 5) is 0. The third-order valence-corrected chi connectivity index (χ3v) is 5.71. The van der Waals surface area contributed by atoms with Gasteiger partial charge in [-0.15, -0.1) is 0 Å². The van der Waals surface area contributed by atoms with E-state index in [0.717, 1.165) is 11.1 Å². The first-order chi connectivity index (χ1) is 8.78. The van der Waals surface area contributed by atoms with Crippen molar-refractivity contribution >= 4 is 7.60 Å². The molecule has 0 radical (unpaired) electrons. The first kappa shape index (κ1) is 16.4. The monoisotopic (exact) mass is 286 g/mol. The van der Waals surface area contributed by atoms with Crippen LogP contribution in [0.2, 0.25) is 0 Å². The summed E-state index contributed by atoms with van der Waals surface area (Å²) < 4.78 is 23.2. The number of benzene rings is 1. The van der Waals surface area contributed by atoms with Crippen LogP contribution >= 0.6 is 7.60 Å². The van der Waals surface area contributed by atoms with Crippen LogP contribution < -0.4 is 0 Å². The van der Waals surface area contributed by atoms with Crippen molar-refractivity contribution in [2.45, 2.75) is 40.0 Å². The molecule has 5 heteroatoms. The highest BCUT2D eigenvalue weighted by Crippen LogP contribution is 2.63. The van der Waals surface area contributed by atoms with Crippen LogP contribution in [0, 0.1) is 13.8 Å². The van der Waals surface area contributed by atoms with E-state index in [4.69, 9.17) is 9.05 Å². The van der Waals surface area contributed by atoms with Crippen molar-refractivity contribution in [3.8, 4) is 0 Å². The number of hydrogen-bond acceptors (Lipinski definition) is 4. The molecule has 1 aromatic carbocycles. The molecule has 0 fully saturated rings. The Kier molecular flexibility index (Phi) is 5.34. The molecule has 0 amide bonds. The summed E-state index contributed by atoms with van der Waals surface area (Å²) in [5.41, 5.74) is 2.68. The average molecular weight is 286 g/mol. The fourth-order valence-corrected chi connectivity index (χ4v) is 3.54. The summed E-state index contributed by atoms with van der Waals surface area (Å²) in [5.74, 6) is 0. The maximum atomic E-state index is 12.7. The Labute approximate surface area is 115 Å². The molecule has 0 saturated carbocycles. The zero-order chi connectivity index (χ0) is 14.7. The van der Waals surface area contributed by atoms with E-state index in [9.17, 15) is 9.67 Å². The summed E-state index contributed by atoms with van der Waals surface area (Å²) in [7, 11) is -3.62. The molecule has 108 valence electrons. The predicted octanol–water partition coefficient (Wildman–Crippen LogP) is 3.73. The van der Waals surface area contributed by atoms with Crippen LogP contribution in [0.15, 0.2) is 18.2 Å². The van der Waals surface area contributed by atoms with Gasteiger partial charge in [0.25, 0.3) is 0 Å². The second kappa shape index (κ2) is 6.19. The lowest BCUT2D eigenvalue weighted by Crippen LogP contribution is -2.24. The molecule has 0 aliphatic rings. The molecule has 0 unspecified atom stereocenters. The Morgan fingerprint density at radius 1 is 1.16 bits per heavy atom. The summed E-state index contributed by atoms with van der Waals surface area (Å²) in [6, 6.07) is 5.47. The third-order valence-electron chi connectivity index (χ3n) is 3.19. The van der Waals surface area contributed by atoms with E-state index in [-0.39, 0.29) is 13.2 Å². The van der Waals surface area contributed by atoms with E-state index < -0.39 is 12.9 Å². The molecule has 1 rings (SSSR count).